The summed E-state index contributed by atoms with van der Waals surface area (Å²) in [6.45, 7) is 8.08. The molecule has 0 saturated heterocycles. The van der Waals surface area contributed by atoms with Gasteiger partial charge >= 0.3 is 0 Å². The number of aromatic nitrogens is 3. The molecule has 3 heterocycles. The third-order valence-electron chi connectivity index (χ3n) is 3.94. The minimum absolute atomic E-state index is 0.369. The minimum Gasteiger partial charge on any atom is -0.361 e. The molecule has 4 nitrogen and oxygen atoms in total. The summed E-state index contributed by atoms with van der Waals surface area (Å²) in [5, 5.41) is 1.39. The van der Waals surface area contributed by atoms with Gasteiger partial charge in [-0.25, -0.2) is 9.37 Å². The van der Waals surface area contributed by atoms with Crippen molar-refractivity contribution < 1.29 is 9.13 Å². The molecule has 0 fully saturated rings. The Bertz CT molecular complexity index is 874. The van der Waals surface area contributed by atoms with Crippen LogP contribution < -0.4 is 0 Å². The Morgan fingerprint density at radius 1 is 1.20 bits per heavy atom. The molecule has 0 aromatic carbocycles. The summed E-state index contributed by atoms with van der Waals surface area (Å²) >= 11 is 6.39. The molecule has 0 unspecified atom stereocenters. The lowest BCUT2D eigenvalue weighted by atomic mass is 10.1. The van der Waals surface area contributed by atoms with Crippen LogP contribution in [0.1, 0.15) is 0 Å². The molecule has 0 saturated carbocycles. The monoisotopic (exact) mass is 377 g/mol. The first kappa shape index (κ1) is 18.0. The van der Waals surface area contributed by atoms with E-state index in [1.165, 1.54) is 12.3 Å². The molecule has 0 N–H and O–H groups in total. The molecule has 0 aliphatic rings. The maximum atomic E-state index is 13.2. The molecule has 0 amide bonds. The fraction of sp³-hybridized carbons (Fsp3) is 0.333. The third-order valence-corrected chi connectivity index (χ3v) is 5.96. The molecule has 0 atom stereocenters. The number of halogens is 2. The first-order chi connectivity index (χ1) is 11.8. The Labute approximate surface area is 152 Å². The average Bonchev–Trinajstić information content (AvgIpc) is 2.92. The molecule has 3 aromatic rings. The summed E-state index contributed by atoms with van der Waals surface area (Å²) < 4.78 is 20.9. The molecule has 3 rings (SSSR count). The van der Waals surface area contributed by atoms with Crippen molar-refractivity contribution in [2.45, 2.75) is 32.4 Å². The molecule has 7 heteroatoms. The zero-order chi connectivity index (χ0) is 18.0. The first-order valence-electron chi connectivity index (χ1n) is 8.18. The van der Waals surface area contributed by atoms with Crippen LogP contribution >= 0.6 is 11.6 Å². The van der Waals surface area contributed by atoms with Gasteiger partial charge in [0.15, 0.2) is 0 Å². The van der Waals surface area contributed by atoms with Crippen LogP contribution in [0.5, 0.6) is 0 Å². The Kier molecular flexibility index (Phi) is 5.22. The van der Waals surface area contributed by atoms with Crippen LogP contribution in [0.4, 0.5) is 4.39 Å². The van der Waals surface area contributed by atoms with E-state index in [1.807, 2.05) is 10.8 Å². The van der Waals surface area contributed by atoms with E-state index in [9.17, 15) is 4.39 Å². The minimum atomic E-state index is -1.13. The Morgan fingerprint density at radius 3 is 2.68 bits per heavy atom. The zero-order valence-electron chi connectivity index (χ0n) is 14.6. The largest absolute Gasteiger partial charge is 0.361 e. The number of rotatable bonds is 6. The fourth-order valence-electron chi connectivity index (χ4n) is 2.55. The third kappa shape index (κ3) is 4.26. The first-order valence-corrected chi connectivity index (χ1v) is 12.3. The predicted octanol–water partition coefficient (Wildman–Crippen LogP) is 5.20. The molecule has 0 aliphatic heterocycles. The molecule has 3 aromatic heterocycles. The highest BCUT2D eigenvalue weighted by Gasteiger charge is 2.16. The fourth-order valence-corrected chi connectivity index (χ4v) is 3.54. The maximum absolute atomic E-state index is 13.2. The van der Waals surface area contributed by atoms with E-state index in [4.69, 9.17) is 16.3 Å². The van der Waals surface area contributed by atoms with Crippen molar-refractivity contribution >= 4 is 30.7 Å². The van der Waals surface area contributed by atoms with Gasteiger partial charge < -0.3 is 9.30 Å². The van der Waals surface area contributed by atoms with Crippen molar-refractivity contribution in [3.63, 3.8) is 0 Å². The smallest absolute Gasteiger partial charge is 0.143 e. The van der Waals surface area contributed by atoms with E-state index >= 15 is 0 Å². The molecule has 0 bridgehead atoms. The topological polar surface area (TPSA) is 39.9 Å². The second-order valence-corrected chi connectivity index (χ2v) is 13.2. The summed E-state index contributed by atoms with van der Waals surface area (Å²) in [6.07, 6.45) is 4.79. The second-order valence-electron chi connectivity index (χ2n) is 7.21. The summed E-state index contributed by atoms with van der Waals surface area (Å²) in [7, 11) is -1.13. The van der Waals surface area contributed by atoms with Gasteiger partial charge in [0.2, 0.25) is 0 Å². The molecule has 132 valence electrons. The lowest BCUT2D eigenvalue weighted by Gasteiger charge is -2.15. The Morgan fingerprint density at radius 2 is 2.00 bits per heavy atom. The van der Waals surface area contributed by atoms with Gasteiger partial charge in [-0.05, 0) is 24.2 Å². The van der Waals surface area contributed by atoms with Crippen molar-refractivity contribution in [2.24, 2.45) is 0 Å². The van der Waals surface area contributed by atoms with Gasteiger partial charge in [-0.3, -0.25) is 4.98 Å². The molecular formula is C18H21ClFN3OSi. The van der Waals surface area contributed by atoms with Gasteiger partial charge in [0.25, 0.3) is 0 Å². The highest BCUT2D eigenvalue weighted by Crippen LogP contribution is 2.33. The van der Waals surface area contributed by atoms with Crippen LogP contribution in [0.25, 0.3) is 22.3 Å². The van der Waals surface area contributed by atoms with Crippen molar-refractivity contribution in [2.75, 3.05) is 6.61 Å². The van der Waals surface area contributed by atoms with Crippen molar-refractivity contribution in [3.05, 3.63) is 47.6 Å². The summed E-state index contributed by atoms with van der Waals surface area (Å²) in [5.74, 6) is -0.369. The van der Waals surface area contributed by atoms with Gasteiger partial charge in [0, 0.05) is 38.0 Å². The van der Waals surface area contributed by atoms with E-state index in [2.05, 4.69) is 29.6 Å². The summed E-state index contributed by atoms with van der Waals surface area (Å²) in [4.78, 5) is 8.61. The van der Waals surface area contributed by atoms with Crippen molar-refractivity contribution in [1.29, 1.82) is 0 Å². The van der Waals surface area contributed by atoms with Crippen molar-refractivity contribution in [3.8, 4) is 11.3 Å². The number of fused-ring (bicyclic) bond motifs is 1. The Hall–Kier alpha value is -1.76. The number of nitrogens with zero attached hydrogens (tertiary/aromatic N) is 3. The van der Waals surface area contributed by atoms with E-state index in [0.29, 0.717) is 17.4 Å². The quantitative estimate of drug-likeness (QED) is 0.437. The van der Waals surface area contributed by atoms with Crippen LogP contribution in [0.2, 0.25) is 30.7 Å². The normalized spacial score (nSPS) is 12.0. The highest BCUT2D eigenvalue weighted by molar-refractivity contribution is 6.76. The summed E-state index contributed by atoms with van der Waals surface area (Å²) in [6, 6.07) is 5.88. The van der Waals surface area contributed by atoms with Gasteiger partial charge in [-0.1, -0.05) is 31.2 Å². The van der Waals surface area contributed by atoms with E-state index in [0.717, 1.165) is 29.2 Å². The molecule has 0 radical (unpaired) electrons. The Balaban J connectivity index is 1.92. The SMILES string of the molecule is C[Si](C)(C)CCOCn1cc(-c2ccc(F)cn2)c2c(Cl)ccnc21. The van der Waals surface area contributed by atoms with Crippen LogP contribution in [-0.2, 0) is 11.5 Å². The predicted molar refractivity (Wildman–Crippen MR) is 102 cm³/mol. The maximum Gasteiger partial charge on any atom is 0.143 e. The van der Waals surface area contributed by atoms with Crippen molar-refractivity contribution in [1.82, 2.24) is 14.5 Å². The van der Waals surface area contributed by atoms with E-state index in [1.54, 1.807) is 18.3 Å². The standard InChI is InChI=1S/C18H21ClFN3OSi/c1-25(2,3)9-8-24-12-23-11-14(16-5-4-13(20)10-22-16)17-15(19)6-7-21-18(17)23/h4-7,10-11H,8-9,12H2,1-3H3. The van der Waals surface area contributed by atoms with Crippen LogP contribution in [-0.4, -0.2) is 29.2 Å². The highest BCUT2D eigenvalue weighted by atomic mass is 35.5. The van der Waals surface area contributed by atoms with Gasteiger partial charge in [-0.2, -0.15) is 0 Å². The zero-order valence-corrected chi connectivity index (χ0v) is 16.3. The van der Waals surface area contributed by atoms with Crippen LogP contribution in [0, 0.1) is 5.82 Å². The molecule has 25 heavy (non-hydrogen) atoms. The van der Waals surface area contributed by atoms with Crippen LogP contribution in [0.3, 0.4) is 0 Å². The van der Waals surface area contributed by atoms with E-state index in [-0.39, 0.29) is 5.82 Å². The molecule has 0 spiro atoms. The molecule has 0 aliphatic carbocycles. The van der Waals surface area contributed by atoms with Gasteiger partial charge in [0.05, 0.1) is 16.9 Å². The van der Waals surface area contributed by atoms with E-state index < -0.39 is 8.07 Å². The second kappa shape index (κ2) is 7.23. The number of hydrogen-bond donors (Lipinski definition) is 0. The van der Waals surface area contributed by atoms with Crippen LogP contribution in [0.15, 0.2) is 36.8 Å². The van der Waals surface area contributed by atoms with Gasteiger partial charge in [-0.15, -0.1) is 0 Å². The molecular weight excluding hydrogens is 357 g/mol. The van der Waals surface area contributed by atoms with Gasteiger partial charge in [0.1, 0.15) is 18.2 Å². The summed E-state index contributed by atoms with van der Waals surface area (Å²) in [5.41, 5.74) is 2.21. The lowest BCUT2D eigenvalue weighted by Crippen LogP contribution is -2.22. The average molecular weight is 378 g/mol. The lowest BCUT2D eigenvalue weighted by molar-refractivity contribution is 0.0899. The number of hydrogen-bond acceptors (Lipinski definition) is 3. The number of ether oxygens (including phenoxy) is 1. The number of pyridine rings is 2.